The summed E-state index contributed by atoms with van der Waals surface area (Å²) in [6.07, 6.45) is 3.63. The van der Waals surface area contributed by atoms with Crippen molar-refractivity contribution in [1.29, 1.82) is 0 Å². The maximum absolute atomic E-state index is 6.03. The number of fused-ring (bicyclic) bond motifs is 1. The van der Waals surface area contributed by atoms with E-state index in [-0.39, 0.29) is 0 Å². The van der Waals surface area contributed by atoms with Crippen molar-refractivity contribution in [3.63, 3.8) is 0 Å². The van der Waals surface area contributed by atoms with Crippen LogP contribution in [0.1, 0.15) is 5.56 Å². The fourth-order valence-corrected chi connectivity index (χ4v) is 2.61. The Hall–Kier alpha value is -2.26. The van der Waals surface area contributed by atoms with Gasteiger partial charge in [0.1, 0.15) is 0 Å². The van der Waals surface area contributed by atoms with Crippen LogP contribution in [0.4, 0.5) is 11.4 Å². The number of aromatic nitrogens is 1. The van der Waals surface area contributed by atoms with Crippen LogP contribution in [0.15, 0.2) is 54.9 Å². The van der Waals surface area contributed by atoms with Gasteiger partial charge in [0.25, 0.3) is 0 Å². The van der Waals surface area contributed by atoms with E-state index in [1.165, 1.54) is 5.56 Å². The Kier molecular flexibility index (Phi) is 3.67. The Morgan fingerprint density at radius 2 is 1.81 bits per heavy atom. The lowest BCUT2D eigenvalue weighted by atomic mass is 10.1. The minimum Gasteiger partial charge on any atom is -0.398 e. The lowest BCUT2D eigenvalue weighted by molar-refractivity contribution is 0.928. The summed E-state index contributed by atoms with van der Waals surface area (Å²) in [5.74, 6) is 0. The number of nitrogen functional groups attached to an aromatic ring is 1. The molecular weight excluding hydrogens is 282 g/mol. The summed E-state index contributed by atoms with van der Waals surface area (Å²) in [4.78, 5) is 6.40. The van der Waals surface area contributed by atoms with E-state index in [0.29, 0.717) is 0 Å². The van der Waals surface area contributed by atoms with Crippen LogP contribution in [0, 0.1) is 0 Å². The van der Waals surface area contributed by atoms with E-state index >= 15 is 0 Å². The molecule has 0 fully saturated rings. The molecule has 3 aromatic rings. The normalized spacial score (nSPS) is 10.8. The van der Waals surface area contributed by atoms with Gasteiger partial charge >= 0.3 is 0 Å². The van der Waals surface area contributed by atoms with Crippen LogP contribution in [-0.2, 0) is 6.54 Å². The third-order valence-electron chi connectivity index (χ3n) is 3.57. The second-order valence-electron chi connectivity index (χ2n) is 5.08. The summed E-state index contributed by atoms with van der Waals surface area (Å²) >= 11 is 5.92. The van der Waals surface area contributed by atoms with Crippen LogP contribution < -0.4 is 10.6 Å². The molecule has 0 aliphatic heterocycles. The lowest BCUT2D eigenvalue weighted by Gasteiger charge is -2.21. The van der Waals surface area contributed by atoms with Gasteiger partial charge in [-0.3, -0.25) is 4.98 Å². The first-order valence-corrected chi connectivity index (χ1v) is 7.11. The van der Waals surface area contributed by atoms with Gasteiger partial charge in [-0.25, -0.2) is 0 Å². The fraction of sp³-hybridized carbons (Fsp3) is 0.118. The molecule has 0 amide bonds. The van der Waals surface area contributed by atoms with Crippen LogP contribution in [-0.4, -0.2) is 12.0 Å². The predicted molar refractivity (Wildman–Crippen MR) is 89.7 cm³/mol. The number of pyridine rings is 1. The predicted octanol–water partition coefficient (Wildman–Crippen LogP) is 4.11. The Morgan fingerprint density at radius 1 is 1.05 bits per heavy atom. The highest BCUT2D eigenvalue weighted by Gasteiger charge is 2.09. The van der Waals surface area contributed by atoms with Gasteiger partial charge in [0, 0.05) is 53.2 Å². The smallest absolute Gasteiger partial charge is 0.0463 e. The Morgan fingerprint density at radius 3 is 2.57 bits per heavy atom. The summed E-state index contributed by atoms with van der Waals surface area (Å²) in [5.41, 5.74) is 9.13. The van der Waals surface area contributed by atoms with E-state index in [4.69, 9.17) is 17.3 Å². The SMILES string of the molecule is CN(Cc1ccc(Cl)cc1)c1ccc(N)c2ccncc12. The molecule has 0 unspecified atom stereocenters. The standard InChI is InChI=1S/C17H16ClN3/c1-21(11-12-2-4-13(18)5-3-12)17-7-6-16(19)14-8-9-20-10-15(14)17/h2-10H,11,19H2,1H3. The molecule has 2 N–H and O–H groups in total. The Bertz CT molecular complexity index is 769. The zero-order chi connectivity index (χ0) is 14.8. The highest BCUT2D eigenvalue weighted by Crippen LogP contribution is 2.30. The number of hydrogen-bond acceptors (Lipinski definition) is 3. The quantitative estimate of drug-likeness (QED) is 0.740. The topological polar surface area (TPSA) is 42.1 Å². The van der Waals surface area contributed by atoms with Gasteiger partial charge in [-0.05, 0) is 35.9 Å². The maximum Gasteiger partial charge on any atom is 0.0463 e. The number of rotatable bonds is 3. The third kappa shape index (κ3) is 2.78. The van der Waals surface area contributed by atoms with Crippen molar-refractivity contribution >= 4 is 33.7 Å². The first kappa shape index (κ1) is 13.7. The van der Waals surface area contributed by atoms with E-state index in [0.717, 1.165) is 33.7 Å². The average molecular weight is 298 g/mol. The van der Waals surface area contributed by atoms with E-state index in [1.54, 1.807) is 6.20 Å². The summed E-state index contributed by atoms with van der Waals surface area (Å²) in [7, 11) is 2.06. The van der Waals surface area contributed by atoms with Crippen LogP contribution in [0.3, 0.4) is 0 Å². The molecule has 3 nitrogen and oxygen atoms in total. The van der Waals surface area contributed by atoms with E-state index < -0.39 is 0 Å². The molecule has 0 atom stereocenters. The number of benzene rings is 2. The highest BCUT2D eigenvalue weighted by atomic mass is 35.5. The van der Waals surface area contributed by atoms with Crippen molar-refractivity contribution in [2.24, 2.45) is 0 Å². The van der Waals surface area contributed by atoms with Crippen molar-refractivity contribution < 1.29 is 0 Å². The monoisotopic (exact) mass is 297 g/mol. The van der Waals surface area contributed by atoms with Gasteiger partial charge in [0.2, 0.25) is 0 Å². The molecule has 0 radical (unpaired) electrons. The minimum atomic E-state index is 0.753. The number of anilines is 2. The second kappa shape index (κ2) is 5.62. The summed E-state index contributed by atoms with van der Waals surface area (Å²) in [6.45, 7) is 0.797. The molecule has 0 aliphatic carbocycles. The molecule has 0 saturated carbocycles. The first-order valence-electron chi connectivity index (χ1n) is 6.73. The highest BCUT2D eigenvalue weighted by molar-refractivity contribution is 6.30. The zero-order valence-electron chi connectivity index (χ0n) is 11.8. The van der Waals surface area contributed by atoms with Gasteiger partial charge in [0.15, 0.2) is 0 Å². The van der Waals surface area contributed by atoms with Gasteiger partial charge in [-0.2, -0.15) is 0 Å². The zero-order valence-corrected chi connectivity index (χ0v) is 12.5. The average Bonchev–Trinajstić information content (AvgIpc) is 2.50. The molecular formula is C17H16ClN3. The van der Waals surface area contributed by atoms with Crippen molar-refractivity contribution in [3.8, 4) is 0 Å². The molecule has 0 aliphatic rings. The van der Waals surface area contributed by atoms with Crippen molar-refractivity contribution in [3.05, 3.63) is 65.4 Å². The summed E-state index contributed by atoms with van der Waals surface area (Å²) in [6, 6.07) is 13.8. The molecule has 3 rings (SSSR count). The molecule has 4 heteroatoms. The van der Waals surface area contributed by atoms with Gasteiger partial charge in [0.05, 0.1) is 0 Å². The number of halogens is 1. The van der Waals surface area contributed by atoms with Crippen LogP contribution in [0.5, 0.6) is 0 Å². The lowest BCUT2D eigenvalue weighted by Crippen LogP contribution is -2.16. The maximum atomic E-state index is 6.03. The molecule has 21 heavy (non-hydrogen) atoms. The fourth-order valence-electron chi connectivity index (χ4n) is 2.48. The van der Waals surface area contributed by atoms with Crippen molar-refractivity contribution in [2.75, 3.05) is 17.7 Å². The minimum absolute atomic E-state index is 0.753. The molecule has 1 aromatic heterocycles. The van der Waals surface area contributed by atoms with E-state index in [2.05, 4.69) is 16.9 Å². The molecule has 1 heterocycles. The number of nitrogens with zero attached hydrogens (tertiary/aromatic N) is 2. The molecule has 0 bridgehead atoms. The Labute approximate surface area is 129 Å². The van der Waals surface area contributed by atoms with Gasteiger partial charge < -0.3 is 10.6 Å². The first-order chi connectivity index (χ1) is 10.1. The molecule has 106 valence electrons. The molecule has 0 saturated heterocycles. The molecule has 0 spiro atoms. The van der Waals surface area contributed by atoms with Crippen molar-refractivity contribution in [1.82, 2.24) is 4.98 Å². The van der Waals surface area contributed by atoms with Crippen molar-refractivity contribution in [2.45, 2.75) is 6.54 Å². The van der Waals surface area contributed by atoms with Gasteiger partial charge in [-0.15, -0.1) is 0 Å². The second-order valence-corrected chi connectivity index (χ2v) is 5.51. The van der Waals surface area contributed by atoms with Crippen LogP contribution in [0.25, 0.3) is 10.8 Å². The Balaban J connectivity index is 1.96. The number of nitrogens with two attached hydrogens (primary N) is 1. The van der Waals surface area contributed by atoms with Gasteiger partial charge in [-0.1, -0.05) is 23.7 Å². The summed E-state index contributed by atoms with van der Waals surface area (Å²) < 4.78 is 0. The van der Waals surface area contributed by atoms with E-state index in [1.807, 2.05) is 48.7 Å². The van der Waals surface area contributed by atoms with E-state index in [9.17, 15) is 0 Å². The third-order valence-corrected chi connectivity index (χ3v) is 3.83. The molecule has 2 aromatic carbocycles. The van der Waals surface area contributed by atoms with Crippen LogP contribution >= 0.6 is 11.6 Å². The largest absolute Gasteiger partial charge is 0.398 e. The summed E-state index contributed by atoms with van der Waals surface area (Å²) in [5, 5.41) is 2.85. The van der Waals surface area contributed by atoms with Crippen LogP contribution in [0.2, 0.25) is 5.02 Å². The number of hydrogen-bond donors (Lipinski definition) is 1.